The Balaban J connectivity index is 0.00000150. The number of Topliss-reactive ketones (excluding diaryl/α,β-unsaturated/α-hetero) is 2. The van der Waals surface area contributed by atoms with Gasteiger partial charge in [-0.25, -0.2) is 9.97 Å². The second-order valence-electron chi connectivity index (χ2n) is 19.0. The molecule has 52 heavy (non-hydrogen) atoms. The Bertz CT molecular complexity index is 1510. The van der Waals surface area contributed by atoms with Gasteiger partial charge in [-0.2, -0.15) is 0 Å². The third-order valence-electron chi connectivity index (χ3n) is 16.2. The molecule has 0 amide bonds. The van der Waals surface area contributed by atoms with Crippen molar-refractivity contribution < 1.29 is 19.5 Å². The van der Waals surface area contributed by atoms with Gasteiger partial charge in [-0.1, -0.05) is 47.1 Å². The van der Waals surface area contributed by atoms with Gasteiger partial charge in [0.2, 0.25) is 0 Å². The molecule has 3 N–H and O–H groups in total. The van der Waals surface area contributed by atoms with Gasteiger partial charge in [-0.3, -0.25) is 14.4 Å². The van der Waals surface area contributed by atoms with Crippen LogP contribution in [0.2, 0.25) is 0 Å². The molecule has 12 atom stereocenters. The summed E-state index contributed by atoms with van der Waals surface area (Å²) in [5.74, 6) is 4.04. The summed E-state index contributed by atoms with van der Waals surface area (Å²) in [4.78, 5) is 47.6. The zero-order valence-electron chi connectivity index (χ0n) is 33.5. The summed E-state index contributed by atoms with van der Waals surface area (Å²) < 4.78 is 0. The lowest BCUT2D eigenvalue weighted by atomic mass is 9.37. The Hall–Kier alpha value is -2.45. The Morgan fingerprint density at radius 1 is 0.923 bits per heavy atom. The van der Waals surface area contributed by atoms with Crippen LogP contribution in [0, 0.1) is 75.4 Å². The van der Waals surface area contributed by atoms with E-state index in [1.165, 1.54) is 44.1 Å². The Labute approximate surface area is 313 Å². The number of hydrogen-bond acceptors (Lipinski definition) is 7. The number of carboxylic acids is 1. The van der Waals surface area contributed by atoms with Gasteiger partial charge in [-0.15, -0.1) is 0 Å². The lowest BCUT2D eigenvalue weighted by Crippen LogP contribution is -2.60. The molecular formula is C44H68N4O4. The second kappa shape index (κ2) is 15.4. The average molecular weight is 717 g/mol. The Morgan fingerprint density at radius 3 is 2.23 bits per heavy atom. The zero-order chi connectivity index (χ0) is 37.6. The first kappa shape index (κ1) is 39.2. The van der Waals surface area contributed by atoms with Gasteiger partial charge in [0.1, 0.15) is 11.6 Å². The van der Waals surface area contributed by atoms with Gasteiger partial charge in [-0.05, 0) is 155 Å². The third-order valence-corrected chi connectivity index (χ3v) is 16.2. The van der Waals surface area contributed by atoms with E-state index in [4.69, 9.17) is 0 Å². The van der Waals surface area contributed by atoms with Crippen molar-refractivity contribution in [2.45, 2.75) is 125 Å². The minimum absolute atomic E-state index is 0.00573. The SMILES string of the molecule is CC(C)C1=C2C3CCC4C(C)(CCC5C(C)C(CC(=O)C6CC(C(=O)O)C6C)CCC54C)C3CCC2(CCNCc2ncccn2)CC1=O.CNC. The molecule has 0 bridgehead atoms. The van der Waals surface area contributed by atoms with E-state index in [1.54, 1.807) is 18.0 Å². The van der Waals surface area contributed by atoms with Crippen LogP contribution in [0.5, 0.6) is 0 Å². The van der Waals surface area contributed by atoms with Crippen LogP contribution in [0.15, 0.2) is 29.6 Å². The van der Waals surface area contributed by atoms with Crippen molar-refractivity contribution in [1.82, 2.24) is 20.6 Å². The van der Waals surface area contributed by atoms with E-state index in [-0.39, 0.29) is 39.9 Å². The normalized spacial score (nSPS) is 40.8. The van der Waals surface area contributed by atoms with E-state index in [9.17, 15) is 19.5 Å². The molecule has 6 aliphatic carbocycles. The molecule has 6 aliphatic rings. The molecule has 5 saturated carbocycles. The lowest BCUT2D eigenvalue weighted by Gasteiger charge is -2.67. The zero-order valence-corrected chi connectivity index (χ0v) is 33.5. The highest BCUT2D eigenvalue weighted by atomic mass is 16.4. The maximum atomic E-state index is 13.8. The van der Waals surface area contributed by atoms with Gasteiger partial charge in [0.25, 0.3) is 0 Å². The second-order valence-corrected chi connectivity index (χ2v) is 19.0. The van der Waals surface area contributed by atoms with Crippen molar-refractivity contribution in [3.63, 3.8) is 0 Å². The predicted octanol–water partition coefficient (Wildman–Crippen LogP) is 7.92. The van der Waals surface area contributed by atoms with E-state index in [1.807, 2.05) is 27.1 Å². The highest BCUT2D eigenvalue weighted by molar-refractivity contribution is 6.00. The maximum Gasteiger partial charge on any atom is 0.306 e. The molecule has 8 nitrogen and oxygen atoms in total. The lowest BCUT2D eigenvalue weighted by molar-refractivity contribution is -0.172. The van der Waals surface area contributed by atoms with Crippen molar-refractivity contribution in [3.05, 3.63) is 35.4 Å². The fourth-order valence-corrected chi connectivity index (χ4v) is 13.6. The molecule has 12 unspecified atom stereocenters. The molecule has 0 saturated heterocycles. The largest absolute Gasteiger partial charge is 0.481 e. The smallest absolute Gasteiger partial charge is 0.306 e. The summed E-state index contributed by atoms with van der Waals surface area (Å²) in [5, 5.41) is 15.8. The summed E-state index contributed by atoms with van der Waals surface area (Å²) in [5.41, 5.74) is 3.30. The topological polar surface area (TPSA) is 121 Å². The molecule has 0 aromatic carbocycles. The number of hydrogen-bond donors (Lipinski definition) is 3. The Morgan fingerprint density at radius 2 is 1.58 bits per heavy atom. The van der Waals surface area contributed by atoms with Gasteiger partial charge >= 0.3 is 5.97 Å². The molecular weight excluding hydrogens is 649 g/mol. The Kier molecular flexibility index (Phi) is 11.6. The highest BCUT2D eigenvalue weighted by Gasteiger charge is 2.64. The van der Waals surface area contributed by atoms with Crippen molar-refractivity contribution in [2.75, 3.05) is 20.6 Å². The van der Waals surface area contributed by atoms with Crippen molar-refractivity contribution in [3.8, 4) is 0 Å². The van der Waals surface area contributed by atoms with Gasteiger partial charge in [0.15, 0.2) is 5.78 Å². The molecule has 8 heteroatoms. The summed E-state index contributed by atoms with van der Waals surface area (Å²) in [7, 11) is 3.75. The third kappa shape index (κ3) is 6.75. The van der Waals surface area contributed by atoms with Crippen LogP contribution in [0.3, 0.4) is 0 Å². The van der Waals surface area contributed by atoms with Gasteiger partial charge in [0, 0.05) is 36.6 Å². The predicted molar refractivity (Wildman–Crippen MR) is 205 cm³/mol. The van der Waals surface area contributed by atoms with Crippen molar-refractivity contribution in [1.29, 1.82) is 0 Å². The first-order valence-electron chi connectivity index (χ1n) is 20.8. The highest BCUT2D eigenvalue weighted by Crippen LogP contribution is 2.72. The summed E-state index contributed by atoms with van der Waals surface area (Å²) in [6, 6.07) is 1.85. The molecule has 288 valence electrons. The molecule has 0 radical (unpaired) electrons. The number of aromatic nitrogens is 2. The number of ketones is 2. The molecule has 1 heterocycles. The van der Waals surface area contributed by atoms with Crippen LogP contribution in [-0.4, -0.2) is 53.3 Å². The van der Waals surface area contributed by atoms with E-state index >= 15 is 0 Å². The number of nitrogens with one attached hydrogen (secondary N) is 2. The average Bonchev–Trinajstić information content (AvgIpc) is 3.40. The number of carbonyl (C=O) groups is 3. The number of allylic oxidation sites excluding steroid dienone is 2. The summed E-state index contributed by atoms with van der Waals surface area (Å²) >= 11 is 0. The van der Waals surface area contributed by atoms with Crippen LogP contribution >= 0.6 is 0 Å². The minimum Gasteiger partial charge on any atom is -0.481 e. The van der Waals surface area contributed by atoms with Crippen LogP contribution in [-0.2, 0) is 20.9 Å². The van der Waals surface area contributed by atoms with Crippen LogP contribution < -0.4 is 10.6 Å². The molecule has 1 aromatic rings. The van der Waals surface area contributed by atoms with Crippen molar-refractivity contribution >= 4 is 17.5 Å². The number of fused-ring (bicyclic) bond motifs is 7. The van der Waals surface area contributed by atoms with Crippen LogP contribution in [0.25, 0.3) is 0 Å². The van der Waals surface area contributed by atoms with E-state index in [0.717, 1.165) is 31.6 Å². The number of carboxylic acid groups (broad SMARTS) is 1. The molecule has 0 aliphatic heterocycles. The monoisotopic (exact) mass is 717 g/mol. The van der Waals surface area contributed by atoms with Crippen molar-refractivity contribution in [2.24, 2.45) is 75.4 Å². The fourth-order valence-electron chi connectivity index (χ4n) is 13.6. The maximum absolute atomic E-state index is 13.8. The molecule has 1 aromatic heterocycles. The molecule has 7 rings (SSSR count). The van der Waals surface area contributed by atoms with Crippen LogP contribution in [0.1, 0.15) is 124 Å². The molecule has 0 spiro atoms. The first-order valence-corrected chi connectivity index (χ1v) is 20.8. The number of rotatable bonds is 10. The van der Waals surface area contributed by atoms with Crippen LogP contribution in [0.4, 0.5) is 0 Å². The number of carbonyl (C=O) groups excluding carboxylic acids is 2. The van der Waals surface area contributed by atoms with E-state index in [2.05, 4.69) is 55.2 Å². The fraction of sp³-hybridized carbons (Fsp3) is 0.795. The summed E-state index contributed by atoms with van der Waals surface area (Å²) in [6.45, 7) is 15.7. The number of nitrogens with zero attached hydrogens (tertiary/aromatic N) is 2. The standard InChI is InChI=1S/C42H61N3O4.C2H7N/c1-24(2)37-34(47)22-42(16-19-43-23-36-44-17-7-18-45-36)15-12-32-28(38(37)42)8-9-35-40(5)13-10-27(25(3)31(40)11-14-41(32,35)6)20-33(46)29-21-30(26(29)4)39(48)49;1-3-2/h7,17-18,24-32,35,43H,8-16,19-23H2,1-6H3,(H,48,49);3H,1-2H3. The summed E-state index contributed by atoms with van der Waals surface area (Å²) in [6.07, 6.45) is 16.1. The van der Waals surface area contributed by atoms with Gasteiger partial charge < -0.3 is 15.7 Å². The van der Waals surface area contributed by atoms with Gasteiger partial charge in [0.05, 0.1) is 12.5 Å². The minimum atomic E-state index is -0.746. The van der Waals surface area contributed by atoms with E-state index in [0.29, 0.717) is 72.9 Å². The van der Waals surface area contributed by atoms with E-state index < -0.39 is 5.97 Å². The quantitative estimate of drug-likeness (QED) is 0.209. The first-order chi connectivity index (χ1) is 24.7. The molecule has 5 fully saturated rings. The number of aliphatic carboxylic acids is 1.